The molecular formula is C21H15ClFNO4. The Kier molecular flexibility index (Phi) is 4.53. The third-order valence-corrected chi connectivity index (χ3v) is 5.18. The number of halogens is 2. The Hall–Kier alpha value is -2.96. The molecule has 0 saturated carbocycles. The first-order valence-corrected chi connectivity index (χ1v) is 8.93. The van der Waals surface area contributed by atoms with E-state index >= 15 is 0 Å². The summed E-state index contributed by atoms with van der Waals surface area (Å²) in [6.45, 7) is -0.168. The Morgan fingerprint density at radius 2 is 1.93 bits per heavy atom. The fourth-order valence-electron chi connectivity index (χ4n) is 3.43. The van der Waals surface area contributed by atoms with Gasteiger partial charge in [0.1, 0.15) is 5.82 Å². The summed E-state index contributed by atoms with van der Waals surface area (Å²) >= 11 is 6.10. The molecule has 5 nitrogen and oxygen atoms in total. The number of hydrogen-bond donors (Lipinski definition) is 1. The maximum absolute atomic E-state index is 14.2. The molecule has 3 aromatic rings. The zero-order chi connectivity index (χ0) is 19.9. The molecule has 2 aromatic carbocycles. The Bertz CT molecular complexity index is 1050. The van der Waals surface area contributed by atoms with Crippen molar-refractivity contribution in [1.29, 1.82) is 0 Å². The van der Waals surface area contributed by atoms with E-state index in [0.29, 0.717) is 5.69 Å². The summed E-state index contributed by atoms with van der Waals surface area (Å²) in [5.74, 6) is -1.73. The minimum atomic E-state index is -2.07. The highest BCUT2D eigenvalue weighted by atomic mass is 35.5. The first-order chi connectivity index (χ1) is 13.4. The SMILES string of the molecule is O=C(C[C@]1(O)C(=O)N(Cc2c(F)cccc2Cl)c2ccccc21)c1ccco1. The lowest BCUT2D eigenvalue weighted by Gasteiger charge is -2.23. The van der Waals surface area contributed by atoms with E-state index < -0.39 is 29.5 Å². The van der Waals surface area contributed by atoms with Gasteiger partial charge in [-0.25, -0.2) is 4.39 Å². The highest BCUT2D eigenvalue weighted by Crippen LogP contribution is 2.44. The molecule has 1 N–H and O–H groups in total. The van der Waals surface area contributed by atoms with Gasteiger partial charge < -0.3 is 14.4 Å². The molecule has 0 aliphatic carbocycles. The van der Waals surface area contributed by atoms with E-state index in [1.165, 1.54) is 35.4 Å². The van der Waals surface area contributed by atoms with Gasteiger partial charge in [-0.2, -0.15) is 0 Å². The van der Waals surface area contributed by atoms with Crippen LogP contribution in [0.1, 0.15) is 28.1 Å². The van der Waals surface area contributed by atoms with Crippen LogP contribution in [0, 0.1) is 5.82 Å². The Labute approximate surface area is 165 Å². The van der Waals surface area contributed by atoms with Gasteiger partial charge in [0.2, 0.25) is 5.78 Å². The average Bonchev–Trinajstić information content (AvgIpc) is 3.28. The van der Waals surface area contributed by atoms with Crippen LogP contribution in [0.15, 0.2) is 65.3 Å². The molecule has 0 bridgehead atoms. The lowest BCUT2D eigenvalue weighted by atomic mass is 9.89. The number of benzene rings is 2. The van der Waals surface area contributed by atoms with Gasteiger partial charge in [-0.1, -0.05) is 35.9 Å². The second-order valence-corrected chi connectivity index (χ2v) is 6.95. The number of carbonyl (C=O) groups excluding carboxylic acids is 2. The van der Waals surface area contributed by atoms with Crippen molar-refractivity contribution in [3.63, 3.8) is 0 Å². The maximum atomic E-state index is 14.2. The number of para-hydroxylation sites is 1. The van der Waals surface area contributed by atoms with Crippen molar-refractivity contribution in [3.05, 3.63) is 88.6 Å². The number of nitrogens with zero attached hydrogens (tertiary/aromatic N) is 1. The van der Waals surface area contributed by atoms with E-state index in [1.54, 1.807) is 30.3 Å². The van der Waals surface area contributed by atoms with Crippen LogP contribution in [0.25, 0.3) is 0 Å². The molecule has 0 spiro atoms. The molecule has 2 heterocycles. The fraction of sp³-hybridized carbons (Fsp3) is 0.143. The molecule has 28 heavy (non-hydrogen) atoms. The molecule has 0 unspecified atom stereocenters. The number of anilines is 1. The molecule has 142 valence electrons. The summed E-state index contributed by atoms with van der Waals surface area (Å²) in [5.41, 5.74) is -1.25. The van der Waals surface area contributed by atoms with E-state index in [0.717, 1.165) is 0 Å². The standard InChI is InChI=1S/C21H15ClFNO4/c22-15-6-3-7-16(23)13(15)12-24-17-8-2-1-5-14(17)21(27,20(24)26)11-18(25)19-9-4-10-28-19/h1-10,27H,11-12H2/t21-/m1/s1. The molecule has 0 saturated heterocycles. The van der Waals surface area contributed by atoms with E-state index in [1.807, 2.05) is 0 Å². The Morgan fingerprint density at radius 3 is 2.64 bits per heavy atom. The second-order valence-electron chi connectivity index (χ2n) is 6.55. The maximum Gasteiger partial charge on any atom is 0.264 e. The molecule has 1 aliphatic rings. The molecule has 1 aromatic heterocycles. The summed E-state index contributed by atoms with van der Waals surface area (Å²) in [6, 6.07) is 13.8. The molecule has 7 heteroatoms. The third kappa shape index (κ3) is 2.91. The van der Waals surface area contributed by atoms with Crippen LogP contribution in [-0.4, -0.2) is 16.8 Å². The lowest BCUT2D eigenvalue weighted by molar-refractivity contribution is -0.136. The quantitative estimate of drug-likeness (QED) is 0.656. The number of Topliss-reactive ketones (excluding diaryl/α,β-unsaturated/α-hetero) is 1. The minimum absolute atomic E-state index is 0.0503. The number of furan rings is 1. The Balaban J connectivity index is 1.73. The lowest BCUT2D eigenvalue weighted by Crippen LogP contribution is -2.41. The van der Waals surface area contributed by atoms with Crippen LogP contribution in [0.5, 0.6) is 0 Å². The number of aliphatic hydroxyl groups is 1. The summed E-state index contributed by atoms with van der Waals surface area (Å²) in [7, 11) is 0. The van der Waals surface area contributed by atoms with Gasteiger partial charge in [0.25, 0.3) is 5.91 Å². The molecule has 1 aliphatic heterocycles. The van der Waals surface area contributed by atoms with Crippen LogP contribution in [0.2, 0.25) is 5.02 Å². The van der Waals surface area contributed by atoms with Crippen LogP contribution in [-0.2, 0) is 16.9 Å². The van der Waals surface area contributed by atoms with Crippen LogP contribution in [0.4, 0.5) is 10.1 Å². The second kappa shape index (κ2) is 6.89. The van der Waals surface area contributed by atoms with Crippen LogP contribution >= 0.6 is 11.6 Å². The molecule has 1 amide bonds. The Morgan fingerprint density at radius 1 is 1.14 bits per heavy atom. The molecule has 0 radical (unpaired) electrons. The highest BCUT2D eigenvalue weighted by molar-refractivity contribution is 6.31. The highest BCUT2D eigenvalue weighted by Gasteiger charge is 2.51. The van der Waals surface area contributed by atoms with Gasteiger partial charge in [0.15, 0.2) is 11.4 Å². The molecule has 1 atom stereocenters. The summed E-state index contributed by atoms with van der Waals surface area (Å²) in [5, 5.41) is 11.4. The largest absolute Gasteiger partial charge is 0.461 e. The van der Waals surface area contributed by atoms with Crippen molar-refractivity contribution in [2.75, 3.05) is 4.90 Å². The summed E-state index contributed by atoms with van der Waals surface area (Å²) < 4.78 is 19.3. The van der Waals surface area contributed by atoms with E-state index in [2.05, 4.69) is 0 Å². The van der Waals surface area contributed by atoms with Crippen molar-refractivity contribution in [3.8, 4) is 0 Å². The predicted octanol–water partition coefficient (Wildman–Crippen LogP) is 4.08. The number of hydrogen-bond acceptors (Lipinski definition) is 4. The van der Waals surface area contributed by atoms with Gasteiger partial charge in [-0.15, -0.1) is 0 Å². The smallest absolute Gasteiger partial charge is 0.264 e. The number of rotatable bonds is 5. The zero-order valence-corrected chi connectivity index (χ0v) is 15.3. The number of amides is 1. The number of ketones is 1. The van der Waals surface area contributed by atoms with Gasteiger partial charge in [0.05, 0.1) is 24.9 Å². The van der Waals surface area contributed by atoms with Gasteiger partial charge in [0, 0.05) is 16.1 Å². The molecular weight excluding hydrogens is 385 g/mol. The van der Waals surface area contributed by atoms with Crippen molar-refractivity contribution >= 4 is 29.0 Å². The van der Waals surface area contributed by atoms with E-state index in [9.17, 15) is 19.1 Å². The topological polar surface area (TPSA) is 70.8 Å². The normalized spacial score (nSPS) is 18.4. The van der Waals surface area contributed by atoms with Crippen molar-refractivity contribution < 1.29 is 23.5 Å². The molecule has 4 rings (SSSR count). The monoisotopic (exact) mass is 399 g/mol. The van der Waals surface area contributed by atoms with E-state index in [4.69, 9.17) is 16.0 Å². The van der Waals surface area contributed by atoms with Crippen LogP contribution < -0.4 is 4.90 Å². The first-order valence-electron chi connectivity index (χ1n) is 8.55. The number of fused-ring (bicyclic) bond motifs is 1. The van der Waals surface area contributed by atoms with Crippen LogP contribution in [0.3, 0.4) is 0 Å². The van der Waals surface area contributed by atoms with Crippen molar-refractivity contribution in [2.24, 2.45) is 0 Å². The van der Waals surface area contributed by atoms with Gasteiger partial charge in [-0.05, 0) is 30.3 Å². The van der Waals surface area contributed by atoms with Crippen molar-refractivity contribution in [2.45, 2.75) is 18.6 Å². The van der Waals surface area contributed by atoms with Gasteiger partial charge >= 0.3 is 0 Å². The average molecular weight is 400 g/mol. The van der Waals surface area contributed by atoms with Gasteiger partial charge in [-0.3, -0.25) is 9.59 Å². The first kappa shape index (κ1) is 18.4. The fourth-order valence-corrected chi connectivity index (χ4v) is 3.66. The van der Waals surface area contributed by atoms with Crippen molar-refractivity contribution in [1.82, 2.24) is 0 Å². The molecule has 0 fully saturated rings. The summed E-state index contributed by atoms with van der Waals surface area (Å²) in [6.07, 6.45) is 0.853. The minimum Gasteiger partial charge on any atom is -0.461 e. The predicted molar refractivity (Wildman–Crippen MR) is 101 cm³/mol. The zero-order valence-electron chi connectivity index (χ0n) is 14.6. The summed E-state index contributed by atoms with van der Waals surface area (Å²) in [4.78, 5) is 26.9. The third-order valence-electron chi connectivity index (χ3n) is 4.83. The number of carbonyl (C=O) groups is 2. The van der Waals surface area contributed by atoms with E-state index in [-0.39, 0.29) is 28.5 Å².